The molecule has 5 unspecified atom stereocenters. The SMILES string of the molecule is CC1C(=O)OC(=O)C1C.CCC(C)C(=O)OC(C)(C)C.CCC(C)C(=O)OCCC[Si]12O[Si]3(CC)O[Si]4(CC)O[Si]5(CC)O[Si](CC)(O3)O[Si](CC)(O[Si](CC)(O5)O[Si](CC)(O4)O1)O2.CCC(C)C[Si](C)(C)C. The molecular weight excluding hydrogens is 1100 g/mol. The van der Waals surface area contributed by atoms with E-state index in [-0.39, 0.29) is 47.8 Å². The van der Waals surface area contributed by atoms with Crippen molar-refractivity contribution >= 4 is 102 Å². The smallest absolute Gasteiger partial charge is 0.465 e. The van der Waals surface area contributed by atoms with Crippen LogP contribution in [0.25, 0.3) is 0 Å². The van der Waals surface area contributed by atoms with Crippen molar-refractivity contribution in [2.45, 2.75) is 230 Å². The second-order valence-corrected chi connectivity index (χ2v) is 53.9. The Morgan fingerprint density at radius 3 is 1.00 bits per heavy atom. The van der Waals surface area contributed by atoms with Gasteiger partial charge < -0.3 is 63.6 Å². The van der Waals surface area contributed by atoms with Crippen LogP contribution in [0.3, 0.4) is 0 Å². The molecule has 7 heterocycles. The molecule has 426 valence electrons. The zero-order valence-electron chi connectivity index (χ0n) is 48.5. The largest absolute Gasteiger partial charge is 0.479 e. The maximum Gasteiger partial charge on any atom is 0.479 e. The van der Waals surface area contributed by atoms with E-state index in [1.165, 1.54) is 12.5 Å². The fourth-order valence-corrected chi connectivity index (χ4v) is 60.3. The van der Waals surface area contributed by atoms with Crippen molar-refractivity contribution in [1.82, 2.24) is 0 Å². The summed E-state index contributed by atoms with van der Waals surface area (Å²) in [4.78, 5) is 44.7. The average molecular weight is 1190 g/mol. The molecule has 7 aliphatic rings. The minimum atomic E-state index is -3.85. The predicted octanol–water partition coefficient (Wildman–Crippen LogP) is 11.0. The van der Waals surface area contributed by atoms with E-state index in [9.17, 15) is 19.2 Å². The Morgan fingerprint density at radius 1 is 0.507 bits per heavy atom. The summed E-state index contributed by atoms with van der Waals surface area (Å²) < 4.78 is 101. The lowest BCUT2D eigenvalue weighted by Gasteiger charge is -2.63. The molecule has 0 amide bonds. The van der Waals surface area contributed by atoms with Gasteiger partial charge in [-0.05, 0) is 46.0 Å². The summed E-state index contributed by atoms with van der Waals surface area (Å²) in [6.07, 6.45) is 3.32. The van der Waals surface area contributed by atoms with Gasteiger partial charge in [0.05, 0.1) is 30.3 Å². The Kier molecular flexibility index (Phi) is 24.4. The maximum absolute atomic E-state index is 12.5. The van der Waals surface area contributed by atoms with Gasteiger partial charge in [0, 0.05) is 56.4 Å². The van der Waals surface area contributed by atoms with E-state index in [1.54, 1.807) is 13.8 Å². The van der Waals surface area contributed by atoms with Crippen LogP contribution >= 0.6 is 0 Å². The Bertz CT molecular complexity index is 1700. The highest BCUT2D eigenvalue weighted by Gasteiger charge is 2.82. The molecule has 8 bridgehead atoms. The topological polar surface area (TPSA) is 207 Å². The number of ether oxygens (including phenoxy) is 3. The van der Waals surface area contributed by atoms with E-state index in [4.69, 9.17) is 58.9 Å². The van der Waals surface area contributed by atoms with Gasteiger partial charge in [-0.25, -0.2) is 0 Å². The van der Waals surface area contributed by atoms with Crippen LogP contribution in [-0.2, 0) is 82.8 Å². The third-order valence-electron chi connectivity index (χ3n) is 13.4. The Hall–Kier alpha value is -0.448. The molecule has 0 saturated carbocycles. The molecule has 0 aromatic rings. The first-order chi connectivity index (χ1) is 33.7. The summed E-state index contributed by atoms with van der Waals surface area (Å²) in [7, 11) is -30.3. The van der Waals surface area contributed by atoms with Crippen LogP contribution in [-0.4, -0.2) is 115 Å². The zero-order chi connectivity index (χ0) is 55.7. The Morgan fingerprint density at radius 2 is 0.795 bits per heavy atom. The molecule has 19 nitrogen and oxygen atoms in total. The predicted molar refractivity (Wildman–Crippen MR) is 295 cm³/mol. The van der Waals surface area contributed by atoms with E-state index >= 15 is 0 Å². The minimum absolute atomic E-state index is 0.0224. The number of rotatable bonds is 18. The molecule has 0 aliphatic carbocycles. The zero-order valence-corrected chi connectivity index (χ0v) is 57.5. The molecule has 7 saturated heterocycles. The molecule has 5 atom stereocenters. The maximum atomic E-state index is 12.5. The van der Waals surface area contributed by atoms with Gasteiger partial charge in [0.15, 0.2) is 0 Å². The van der Waals surface area contributed by atoms with Gasteiger partial charge in [-0.2, -0.15) is 0 Å². The summed E-state index contributed by atoms with van der Waals surface area (Å²) in [5.41, 5.74) is -0.347. The van der Waals surface area contributed by atoms with E-state index in [0.717, 1.165) is 12.3 Å². The molecule has 0 aromatic heterocycles. The number of carbonyl (C=O) groups excluding carboxylic acids is 4. The van der Waals surface area contributed by atoms with Gasteiger partial charge in [-0.1, -0.05) is 136 Å². The monoisotopic (exact) mass is 1190 g/mol. The summed E-state index contributed by atoms with van der Waals surface area (Å²) >= 11 is 0. The Labute approximate surface area is 449 Å². The number of hydrogen-bond donors (Lipinski definition) is 0. The first-order valence-corrected chi connectivity index (χ1v) is 46.4. The summed E-state index contributed by atoms with van der Waals surface area (Å²) in [5.74, 6) is -0.839. The first kappa shape index (κ1) is 66.8. The third kappa shape index (κ3) is 17.5. The molecule has 0 radical (unpaired) electrons. The molecule has 28 heteroatoms. The fraction of sp³-hybridized carbons (Fsp3) is 0.911. The molecule has 7 rings (SSSR count). The fourth-order valence-electron chi connectivity index (χ4n) is 8.23. The van der Waals surface area contributed by atoms with Crippen molar-refractivity contribution in [3.8, 4) is 0 Å². The molecule has 0 N–H and O–H groups in total. The van der Waals surface area contributed by atoms with Gasteiger partial charge in [-0.3, -0.25) is 19.2 Å². The second-order valence-electron chi connectivity index (χ2n) is 22.2. The van der Waals surface area contributed by atoms with Crippen molar-refractivity contribution in [3.05, 3.63) is 0 Å². The van der Waals surface area contributed by atoms with Crippen molar-refractivity contribution in [2.75, 3.05) is 6.61 Å². The van der Waals surface area contributed by atoms with Crippen LogP contribution < -0.4 is 0 Å². The van der Waals surface area contributed by atoms with Gasteiger partial charge in [0.2, 0.25) is 0 Å². The second kappa shape index (κ2) is 26.7. The van der Waals surface area contributed by atoms with E-state index in [0.29, 0.717) is 61.2 Å². The third-order valence-corrected chi connectivity index (χ3v) is 52.2. The minimum Gasteiger partial charge on any atom is -0.465 e. The van der Waals surface area contributed by atoms with E-state index < -0.39 is 90.4 Å². The van der Waals surface area contributed by atoms with Gasteiger partial charge in [0.1, 0.15) is 5.60 Å². The highest BCUT2D eigenvalue weighted by molar-refractivity contribution is 7.03. The summed E-state index contributed by atoms with van der Waals surface area (Å²) in [6.45, 7) is 42.6. The van der Waals surface area contributed by atoms with Crippen LogP contribution in [0.15, 0.2) is 0 Å². The van der Waals surface area contributed by atoms with Gasteiger partial charge >= 0.3 is 94.3 Å². The van der Waals surface area contributed by atoms with Crippen LogP contribution in [0.5, 0.6) is 0 Å². The van der Waals surface area contributed by atoms with Crippen molar-refractivity contribution in [1.29, 1.82) is 0 Å². The van der Waals surface area contributed by atoms with E-state index in [2.05, 4.69) is 38.2 Å². The molecule has 73 heavy (non-hydrogen) atoms. The molecule has 0 spiro atoms. The normalized spacial score (nSPS) is 36.7. The lowest BCUT2D eigenvalue weighted by atomic mass is 10.00. The van der Waals surface area contributed by atoms with E-state index in [1.807, 2.05) is 96.9 Å². The standard InChI is InChI=1S/C22H50O14Si8.C9H18O2.C8H20Si.C6H8O3/c1-10-21(9)22(23)24-19-18-20-44-34-41(15-6)28-38(12-3)25-37(11-2)26-39(13-4,30-41)32-43(17-8,36-44)33-40(14-5,27-37)31-42(16-7,29-38)35-44;1-6-7(2)8(10)11-9(3,4)5;1-6-8(2)7-9(3,4)5;1-3-4(2)6(8)9-5(3)7/h21H,10-20H2,1-9H3;7H,6H2,1-5H3;8H,6-7H2,1-5H3;3-4H,1-2H3. The summed E-state index contributed by atoms with van der Waals surface area (Å²) in [5, 5.41) is 0. The summed E-state index contributed by atoms with van der Waals surface area (Å²) in [6, 6.07) is 4.61. The highest BCUT2D eigenvalue weighted by atomic mass is 28.6. The lowest BCUT2D eigenvalue weighted by Crippen LogP contribution is -2.88. The highest BCUT2D eigenvalue weighted by Crippen LogP contribution is 2.53. The first-order valence-electron chi connectivity index (χ1n) is 27.3. The average Bonchev–Trinajstić information content (AvgIpc) is 3.52. The van der Waals surface area contributed by atoms with Crippen LogP contribution in [0.4, 0.5) is 0 Å². The number of carbonyl (C=O) groups is 4. The van der Waals surface area contributed by atoms with Crippen LogP contribution in [0, 0.1) is 29.6 Å². The van der Waals surface area contributed by atoms with Gasteiger partial charge in [0.25, 0.3) is 0 Å². The van der Waals surface area contributed by atoms with Crippen LogP contribution in [0.1, 0.15) is 150 Å². The molecular formula is C45H96O19Si9. The quantitative estimate of drug-likeness (QED) is 0.0411. The number of hydrogen-bond acceptors (Lipinski definition) is 19. The number of cyclic esters (lactones) is 2. The Balaban J connectivity index is 0.000000390. The van der Waals surface area contributed by atoms with Gasteiger partial charge in [-0.15, -0.1) is 0 Å². The molecule has 0 aromatic carbocycles. The van der Waals surface area contributed by atoms with Crippen LogP contribution in [0.2, 0.25) is 74.0 Å². The lowest BCUT2D eigenvalue weighted by molar-refractivity contribution is -0.159. The van der Waals surface area contributed by atoms with Crippen molar-refractivity contribution in [2.24, 2.45) is 29.6 Å². The van der Waals surface area contributed by atoms with Crippen molar-refractivity contribution < 1.29 is 82.8 Å². The number of esters is 4. The molecule has 7 fully saturated rings. The van der Waals surface area contributed by atoms with Crippen molar-refractivity contribution in [3.63, 3.8) is 0 Å². The molecule has 7 aliphatic heterocycles.